The lowest BCUT2D eigenvalue weighted by Gasteiger charge is -2.30. The van der Waals surface area contributed by atoms with Gasteiger partial charge in [-0.1, -0.05) is 23.7 Å². The molecule has 1 aliphatic heterocycles. The maximum atomic E-state index is 15.5. The van der Waals surface area contributed by atoms with Crippen molar-refractivity contribution in [2.75, 3.05) is 25.5 Å². The van der Waals surface area contributed by atoms with Gasteiger partial charge in [0.25, 0.3) is 5.56 Å². The van der Waals surface area contributed by atoms with Crippen LogP contribution in [0.3, 0.4) is 0 Å². The van der Waals surface area contributed by atoms with Crippen molar-refractivity contribution in [1.82, 2.24) is 19.1 Å². The van der Waals surface area contributed by atoms with Gasteiger partial charge in [-0.15, -0.1) is 5.10 Å². The van der Waals surface area contributed by atoms with Gasteiger partial charge >= 0.3 is 10.2 Å². The van der Waals surface area contributed by atoms with Gasteiger partial charge in [0, 0.05) is 49.1 Å². The van der Waals surface area contributed by atoms with Crippen LogP contribution in [-0.4, -0.2) is 48.3 Å². The zero-order valence-corrected chi connectivity index (χ0v) is 22.5. The van der Waals surface area contributed by atoms with E-state index in [0.29, 0.717) is 27.6 Å². The first kappa shape index (κ1) is 26.6. The molecule has 1 aliphatic rings. The van der Waals surface area contributed by atoms with Gasteiger partial charge in [0.2, 0.25) is 0 Å². The Morgan fingerprint density at radius 3 is 2.56 bits per heavy atom. The Morgan fingerprint density at radius 1 is 1.05 bits per heavy atom. The number of anilines is 1. The van der Waals surface area contributed by atoms with Crippen molar-refractivity contribution in [3.8, 4) is 28.3 Å². The Kier molecular flexibility index (Phi) is 7.25. The SMILES string of the molecule is COc1cc(-c2cc(OC)c(-n3c4c(ccc3=O)CN(S(=O)(=O)Nc3cccnn3)CC4)cc2F)ccc1Cl. The molecule has 3 heterocycles. The van der Waals surface area contributed by atoms with Crippen LogP contribution < -0.4 is 19.8 Å². The number of ether oxygens (including phenoxy) is 2. The van der Waals surface area contributed by atoms with Crippen LogP contribution in [0.15, 0.2) is 65.6 Å². The number of hydrogen-bond donors (Lipinski definition) is 1. The number of rotatable bonds is 7. The number of aromatic nitrogens is 3. The highest BCUT2D eigenvalue weighted by atomic mass is 35.5. The van der Waals surface area contributed by atoms with E-state index in [-0.39, 0.29) is 42.3 Å². The molecule has 4 aromatic rings. The smallest absolute Gasteiger partial charge is 0.303 e. The van der Waals surface area contributed by atoms with Crippen molar-refractivity contribution < 1.29 is 22.3 Å². The Bertz CT molecular complexity index is 1720. The number of halogens is 2. The van der Waals surface area contributed by atoms with Gasteiger partial charge in [-0.2, -0.15) is 17.8 Å². The minimum absolute atomic E-state index is 0.00133. The summed E-state index contributed by atoms with van der Waals surface area (Å²) in [7, 11) is -1.05. The summed E-state index contributed by atoms with van der Waals surface area (Å²) in [6, 6.07) is 13.6. The van der Waals surface area contributed by atoms with E-state index in [2.05, 4.69) is 14.9 Å². The van der Waals surface area contributed by atoms with E-state index in [4.69, 9.17) is 21.1 Å². The predicted molar refractivity (Wildman–Crippen MR) is 144 cm³/mol. The van der Waals surface area contributed by atoms with Gasteiger partial charge in [-0.25, -0.2) is 4.39 Å². The molecular weight excluding hydrogens is 549 g/mol. The first-order valence-electron chi connectivity index (χ1n) is 11.7. The highest BCUT2D eigenvalue weighted by Crippen LogP contribution is 2.36. The van der Waals surface area contributed by atoms with Crippen LogP contribution in [0.4, 0.5) is 10.2 Å². The summed E-state index contributed by atoms with van der Waals surface area (Å²) in [5, 5.41) is 7.83. The van der Waals surface area contributed by atoms with E-state index in [9.17, 15) is 13.2 Å². The summed E-state index contributed by atoms with van der Waals surface area (Å²) in [6.45, 7) is 0.0815. The number of nitrogens with one attached hydrogen (secondary N) is 1. The first-order valence-corrected chi connectivity index (χ1v) is 13.5. The third kappa shape index (κ3) is 5.18. The normalized spacial score (nSPS) is 13.5. The molecule has 0 saturated heterocycles. The summed E-state index contributed by atoms with van der Waals surface area (Å²) < 4.78 is 57.3. The van der Waals surface area contributed by atoms with E-state index in [1.54, 1.807) is 30.3 Å². The predicted octanol–water partition coefficient (Wildman–Crippen LogP) is 3.82. The number of fused-ring (bicyclic) bond motifs is 1. The van der Waals surface area contributed by atoms with Gasteiger partial charge in [0.05, 0.1) is 24.9 Å². The monoisotopic (exact) mass is 571 g/mol. The summed E-state index contributed by atoms with van der Waals surface area (Å²) >= 11 is 6.12. The average Bonchev–Trinajstić information content (AvgIpc) is 2.93. The molecule has 0 unspecified atom stereocenters. The lowest BCUT2D eigenvalue weighted by Crippen LogP contribution is -2.41. The number of benzene rings is 2. The molecule has 1 N–H and O–H groups in total. The standard InChI is InChI=1S/C26H23ClFN5O5S/c1-37-23-12-16(5-7-19(23)27)18-13-24(38-2)22(14-20(18)28)33-21-9-11-32(15-17(21)6-8-26(33)34)39(35,36)31-25-4-3-10-29-30-25/h3-8,10,12-14H,9,11,15H2,1-2H3,(H,30,31). The lowest BCUT2D eigenvalue weighted by atomic mass is 10.0. The minimum Gasteiger partial charge on any atom is -0.495 e. The summed E-state index contributed by atoms with van der Waals surface area (Å²) in [5.74, 6) is 0.146. The van der Waals surface area contributed by atoms with E-state index >= 15 is 4.39 Å². The fraction of sp³-hybridized carbons (Fsp3) is 0.192. The van der Waals surface area contributed by atoms with Crippen molar-refractivity contribution in [2.24, 2.45) is 0 Å². The van der Waals surface area contributed by atoms with Crippen LogP contribution in [-0.2, 0) is 23.2 Å². The second-order valence-corrected chi connectivity index (χ2v) is 10.7. The Balaban J connectivity index is 1.53. The molecule has 0 atom stereocenters. The van der Waals surface area contributed by atoms with Crippen molar-refractivity contribution in [1.29, 1.82) is 0 Å². The van der Waals surface area contributed by atoms with E-state index in [1.807, 2.05) is 0 Å². The molecule has 2 aromatic heterocycles. The highest BCUT2D eigenvalue weighted by Gasteiger charge is 2.30. The van der Waals surface area contributed by atoms with Gasteiger partial charge in [0.15, 0.2) is 5.82 Å². The second kappa shape index (κ2) is 10.6. The van der Waals surface area contributed by atoms with Crippen molar-refractivity contribution in [3.63, 3.8) is 0 Å². The van der Waals surface area contributed by atoms with Gasteiger partial charge in [-0.3, -0.25) is 14.1 Å². The largest absolute Gasteiger partial charge is 0.495 e. The van der Waals surface area contributed by atoms with Gasteiger partial charge < -0.3 is 9.47 Å². The minimum atomic E-state index is -3.94. The van der Waals surface area contributed by atoms with Crippen LogP contribution in [0.1, 0.15) is 11.3 Å². The molecule has 0 fully saturated rings. The number of pyridine rings is 1. The molecule has 5 rings (SSSR count). The van der Waals surface area contributed by atoms with Crippen LogP contribution in [0.2, 0.25) is 5.02 Å². The second-order valence-electron chi connectivity index (χ2n) is 8.63. The molecular formula is C26H23ClFN5O5S. The van der Waals surface area contributed by atoms with Gasteiger partial charge in [0.1, 0.15) is 17.3 Å². The molecule has 39 heavy (non-hydrogen) atoms. The van der Waals surface area contributed by atoms with Crippen molar-refractivity contribution >= 4 is 27.6 Å². The maximum Gasteiger partial charge on any atom is 0.303 e. The third-order valence-electron chi connectivity index (χ3n) is 6.35. The lowest BCUT2D eigenvalue weighted by molar-refractivity contribution is 0.385. The average molecular weight is 572 g/mol. The Hall–Kier alpha value is -4.00. The quantitative estimate of drug-likeness (QED) is 0.358. The number of hydrogen-bond acceptors (Lipinski definition) is 7. The molecule has 0 bridgehead atoms. The molecule has 10 nitrogen and oxygen atoms in total. The molecule has 0 saturated carbocycles. The summed E-state index contributed by atoms with van der Waals surface area (Å²) in [4.78, 5) is 13.1. The van der Waals surface area contributed by atoms with Crippen LogP contribution in [0.25, 0.3) is 16.8 Å². The third-order valence-corrected chi connectivity index (χ3v) is 8.12. The Morgan fingerprint density at radius 2 is 1.85 bits per heavy atom. The molecule has 0 aliphatic carbocycles. The maximum absolute atomic E-state index is 15.5. The fourth-order valence-electron chi connectivity index (χ4n) is 4.49. The summed E-state index contributed by atoms with van der Waals surface area (Å²) in [5.41, 5.74) is 1.71. The van der Waals surface area contributed by atoms with Gasteiger partial charge in [-0.05, 0) is 41.5 Å². The molecule has 0 spiro atoms. The molecule has 0 amide bonds. The van der Waals surface area contributed by atoms with E-state index in [1.165, 1.54) is 53.6 Å². The summed E-state index contributed by atoms with van der Waals surface area (Å²) in [6.07, 6.45) is 1.64. The van der Waals surface area contributed by atoms with Crippen molar-refractivity contribution in [2.45, 2.75) is 13.0 Å². The van der Waals surface area contributed by atoms with Crippen LogP contribution in [0, 0.1) is 5.82 Å². The van der Waals surface area contributed by atoms with E-state index in [0.717, 1.165) is 0 Å². The molecule has 202 valence electrons. The van der Waals surface area contributed by atoms with E-state index < -0.39 is 21.6 Å². The topological polar surface area (TPSA) is 116 Å². The number of methoxy groups -OCH3 is 2. The van der Waals surface area contributed by atoms with Crippen LogP contribution >= 0.6 is 11.6 Å². The molecule has 13 heteroatoms. The number of nitrogens with zero attached hydrogens (tertiary/aromatic N) is 4. The fourth-order valence-corrected chi connectivity index (χ4v) is 5.82. The zero-order valence-electron chi connectivity index (χ0n) is 20.9. The molecule has 2 aromatic carbocycles. The molecule has 0 radical (unpaired) electrons. The highest BCUT2D eigenvalue weighted by molar-refractivity contribution is 7.90. The first-order chi connectivity index (χ1) is 18.7. The van der Waals surface area contributed by atoms with Crippen molar-refractivity contribution in [3.05, 3.63) is 93.2 Å². The zero-order chi connectivity index (χ0) is 27.7. The van der Waals surface area contributed by atoms with Crippen LogP contribution in [0.5, 0.6) is 11.5 Å². The Labute approximate surface area is 228 Å².